The number of methoxy groups -OCH3 is 1. The van der Waals surface area contributed by atoms with Crippen molar-refractivity contribution >= 4 is 39.2 Å². The number of benzene rings is 1. The lowest BCUT2D eigenvalue weighted by atomic mass is 10.0. The van der Waals surface area contributed by atoms with E-state index < -0.39 is 15.9 Å². The molecule has 0 aliphatic carbocycles. The third-order valence-corrected chi connectivity index (χ3v) is 6.05. The summed E-state index contributed by atoms with van der Waals surface area (Å²) in [5, 5.41) is 0.473. The Morgan fingerprint density at radius 1 is 1.33 bits per heavy atom. The Hall–Kier alpha value is -0.820. The summed E-state index contributed by atoms with van der Waals surface area (Å²) >= 11 is 11.7. The highest BCUT2D eigenvalue weighted by Gasteiger charge is 2.33. The van der Waals surface area contributed by atoms with Gasteiger partial charge >= 0.3 is 5.97 Å². The van der Waals surface area contributed by atoms with Crippen molar-refractivity contribution < 1.29 is 17.9 Å². The second-order valence-electron chi connectivity index (χ2n) is 4.80. The van der Waals surface area contributed by atoms with E-state index in [0.717, 1.165) is 0 Å². The fraction of sp³-hybridized carbons (Fsp3) is 0.462. The van der Waals surface area contributed by atoms with Gasteiger partial charge in [-0.25, -0.2) is 8.42 Å². The van der Waals surface area contributed by atoms with Gasteiger partial charge in [-0.3, -0.25) is 4.79 Å². The van der Waals surface area contributed by atoms with Crippen LogP contribution in [0.4, 0.5) is 0 Å². The SMILES string of the molecule is COC(=O)[C@H]1CCCN(S(=O)(=O)c2ccc(Cl)c(Cl)c2)C1. The van der Waals surface area contributed by atoms with Crippen molar-refractivity contribution in [3.05, 3.63) is 28.2 Å². The molecule has 0 N–H and O–H groups in total. The van der Waals surface area contributed by atoms with Crippen molar-refractivity contribution in [3.63, 3.8) is 0 Å². The molecule has 1 aromatic carbocycles. The van der Waals surface area contributed by atoms with Crippen LogP contribution in [0.5, 0.6) is 0 Å². The Morgan fingerprint density at radius 2 is 2.05 bits per heavy atom. The Balaban J connectivity index is 2.26. The van der Waals surface area contributed by atoms with Crippen LogP contribution >= 0.6 is 23.2 Å². The molecule has 1 aromatic rings. The molecule has 1 heterocycles. The molecule has 8 heteroatoms. The van der Waals surface area contributed by atoms with Gasteiger partial charge < -0.3 is 4.74 Å². The molecule has 0 aromatic heterocycles. The summed E-state index contributed by atoms with van der Waals surface area (Å²) in [5.74, 6) is -0.815. The summed E-state index contributed by atoms with van der Waals surface area (Å²) in [7, 11) is -2.39. The summed E-state index contributed by atoms with van der Waals surface area (Å²) < 4.78 is 31.1. The fourth-order valence-electron chi connectivity index (χ4n) is 2.31. The normalized spacial score (nSPS) is 20.2. The Kier molecular flexibility index (Phi) is 5.14. The van der Waals surface area contributed by atoms with Crippen LogP contribution in [0, 0.1) is 5.92 Å². The predicted octanol–water partition coefficient (Wildman–Crippen LogP) is 2.57. The number of ether oxygens (including phenoxy) is 1. The molecule has 0 saturated carbocycles. The van der Waals surface area contributed by atoms with Gasteiger partial charge in [-0.05, 0) is 31.0 Å². The average molecular weight is 352 g/mol. The molecule has 2 rings (SSSR count). The van der Waals surface area contributed by atoms with Gasteiger partial charge in [0.1, 0.15) is 0 Å². The predicted molar refractivity (Wildman–Crippen MR) is 80.0 cm³/mol. The quantitative estimate of drug-likeness (QED) is 0.785. The van der Waals surface area contributed by atoms with Crippen molar-refractivity contribution in [2.75, 3.05) is 20.2 Å². The molecule has 116 valence electrons. The van der Waals surface area contributed by atoms with Crippen LogP contribution < -0.4 is 0 Å². The van der Waals surface area contributed by atoms with Gasteiger partial charge in [0.05, 0.1) is 28.0 Å². The van der Waals surface area contributed by atoms with Crippen LogP contribution in [0.1, 0.15) is 12.8 Å². The highest BCUT2D eigenvalue weighted by molar-refractivity contribution is 7.89. The van der Waals surface area contributed by atoms with Crippen molar-refractivity contribution in [3.8, 4) is 0 Å². The van der Waals surface area contributed by atoms with E-state index in [4.69, 9.17) is 27.9 Å². The lowest BCUT2D eigenvalue weighted by molar-refractivity contribution is -0.146. The second kappa shape index (κ2) is 6.52. The highest BCUT2D eigenvalue weighted by atomic mass is 35.5. The average Bonchev–Trinajstić information content (AvgIpc) is 2.49. The van der Waals surface area contributed by atoms with Gasteiger partial charge in [0.2, 0.25) is 10.0 Å². The smallest absolute Gasteiger partial charge is 0.309 e. The molecule has 1 atom stereocenters. The summed E-state index contributed by atoms with van der Waals surface area (Å²) in [5.41, 5.74) is 0. The standard InChI is InChI=1S/C13H15Cl2NO4S/c1-20-13(17)9-3-2-6-16(8-9)21(18,19)10-4-5-11(14)12(15)7-10/h4-5,7,9H,2-3,6,8H2,1H3/t9-/m0/s1. The van der Waals surface area contributed by atoms with Crippen LogP contribution in [0.25, 0.3) is 0 Å². The summed E-state index contributed by atoms with van der Waals surface area (Å²) in [4.78, 5) is 11.7. The first-order valence-corrected chi connectivity index (χ1v) is 8.59. The van der Waals surface area contributed by atoms with E-state index in [9.17, 15) is 13.2 Å². The zero-order chi connectivity index (χ0) is 15.6. The molecule has 1 aliphatic heterocycles. The molecule has 1 saturated heterocycles. The minimum atomic E-state index is -3.69. The van der Waals surface area contributed by atoms with E-state index in [2.05, 4.69) is 0 Å². The zero-order valence-electron chi connectivity index (χ0n) is 11.4. The number of rotatable bonds is 3. The maximum Gasteiger partial charge on any atom is 0.309 e. The van der Waals surface area contributed by atoms with E-state index in [1.807, 2.05) is 0 Å². The minimum Gasteiger partial charge on any atom is -0.469 e. The lowest BCUT2D eigenvalue weighted by Crippen LogP contribution is -2.42. The van der Waals surface area contributed by atoms with E-state index in [0.29, 0.717) is 24.4 Å². The topological polar surface area (TPSA) is 63.7 Å². The van der Waals surface area contributed by atoms with Crippen LogP contribution in [0.3, 0.4) is 0 Å². The number of piperidine rings is 1. The molecule has 0 unspecified atom stereocenters. The number of carbonyl (C=O) groups excluding carboxylic acids is 1. The van der Waals surface area contributed by atoms with E-state index in [1.165, 1.54) is 29.6 Å². The molecule has 0 amide bonds. The molecule has 0 radical (unpaired) electrons. The summed E-state index contributed by atoms with van der Waals surface area (Å²) in [6, 6.07) is 4.17. The van der Waals surface area contributed by atoms with Crippen molar-refractivity contribution in [2.24, 2.45) is 5.92 Å². The maximum absolute atomic E-state index is 12.6. The molecule has 21 heavy (non-hydrogen) atoms. The van der Waals surface area contributed by atoms with Gasteiger partial charge in [0.25, 0.3) is 0 Å². The molecule has 1 fully saturated rings. The van der Waals surface area contributed by atoms with Gasteiger partial charge in [0, 0.05) is 13.1 Å². The first kappa shape index (κ1) is 16.5. The zero-order valence-corrected chi connectivity index (χ0v) is 13.7. The highest BCUT2D eigenvalue weighted by Crippen LogP contribution is 2.29. The monoisotopic (exact) mass is 351 g/mol. The van der Waals surface area contributed by atoms with Crippen molar-refractivity contribution in [2.45, 2.75) is 17.7 Å². The van der Waals surface area contributed by atoms with Crippen molar-refractivity contribution in [1.29, 1.82) is 0 Å². The molecular weight excluding hydrogens is 337 g/mol. The molecule has 5 nitrogen and oxygen atoms in total. The maximum atomic E-state index is 12.6. The number of nitrogens with zero attached hydrogens (tertiary/aromatic N) is 1. The largest absolute Gasteiger partial charge is 0.469 e. The van der Waals surface area contributed by atoms with Crippen LogP contribution in [0.2, 0.25) is 10.0 Å². The van der Waals surface area contributed by atoms with Gasteiger partial charge in [-0.2, -0.15) is 4.31 Å². The third kappa shape index (κ3) is 3.51. The number of carbonyl (C=O) groups is 1. The van der Waals surface area contributed by atoms with E-state index in [-0.39, 0.29) is 22.4 Å². The van der Waals surface area contributed by atoms with Gasteiger partial charge in [-0.1, -0.05) is 23.2 Å². The number of hydrogen-bond acceptors (Lipinski definition) is 4. The number of sulfonamides is 1. The number of halogens is 2. The van der Waals surface area contributed by atoms with Crippen LogP contribution in [-0.4, -0.2) is 38.9 Å². The Bertz CT molecular complexity index is 648. The number of esters is 1. The van der Waals surface area contributed by atoms with Gasteiger partial charge in [0.15, 0.2) is 0 Å². The first-order valence-electron chi connectivity index (χ1n) is 6.39. The Labute approximate surface area is 133 Å². The van der Waals surface area contributed by atoms with Crippen molar-refractivity contribution in [1.82, 2.24) is 4.31 Å². The fourth-order valence-corrected chi connectivity index (χ4v) is 4.22. The lowest BCUT2D eigenvalue weighted by Gasteiger charge is -2.30. The van der Waals surface area contributed by atoms with Gasteiger partial charge in [-0.15, -0.1) is 0 Å². The van der Waals surface area contributed by atoms with Crippen LogP contribution in [0.15, 0.2) is 23.1 Å². The molecule has 0 spiro atoms. The summed E-state index contributed by atoms with van der Waals surface area (Å²) in [6.07, 6.45) is 1.24. The summed E-state index contributed by atoms with van der Waals surface area (Å²) in [6.45, 7) is 0.491. The van der Waals surface area contributed by atoms with E-state index >= 15 is 0 Å². The number of hydrogen-bond donors (Lipinski definition) is 0. The Morgan fingerprint density at radius 3 is 2.67 bits per heavy atom. The molecular formula is C13H15Cl2NO4S. The first-order chi connectivity index (χ1) is 9.86. The minimum absolute atomic E-state index is 0.0717. The third-order valence-electron chi connectivity index (χ3n) is 3.45. The second-order valence-corrected chi connectivity index (χ2v) is 7.55. The van der Waals surface area contributed by atoms with E-state index in [1.54, 1.807) is 0 Å². The van der Waals surface area contributed by atoms with Crippen LogP contribution in [-0.2, 0) is 19.6 Å². The molecule has 1 aliphatic rings. The molecule has 0 bridgehead atoms.